The summed E-state index contributed by atoms with van der Waals surface area (Å²) in [6.07, 6.45) is 1.34. The standard InChI is InChI=1S/C6H6F2NP/c7-6(8,10)5-3-1-2-4-9-5/h1-4H,10H2. The molecule has 0 aromatic carbocycles. The van der Waals surface area contributed by atoms with Gasteiger partial charge in [-0.3, -0.25) is 4.98 Å². The third-order valence-electron chi connectivity index (χ3n) is 1.01. The van der Waals surface area contributed by atoms with Crippen molar-refractivity contribution in [3.05, 3.63) is 30.1 Å². The molecule has 1 aromatic rings. The number of aromatic nitrogens is 1. The summed E-state index contributed by atoms with van der Waals surface area (Å²) >= 11 is 0. The van der Waals surface area contributed by atoms with E-state index in [1.807, 2.05) is 0 Å². The molecule has 0 aliphatic rings. The Balaban J connectivity index is 2.97. The van der Waals surface area contributed by atoms with E-state index in [0.717, 1.165) is 0 Å². The van der Waals surface area contributed by atoms with Crippen molar-refractivity contribution in [3.63, 3.8) is 0 Å². The molecule has 0 saturated carbocycles. The van der Waals surface area contributed by atoms with Crippen molar-refractivity contribution in [1.29, 1.82) is 0 Å². The van der Waals surface area contributed by atoms with Gasteiger partial charge in [0.2, 0.25) is 0 Å². The van der Waals surface area contributed by atoms with E-state index in [1.54, 1.807) is 6.07 Å². The van der Waals surface area contributed by atoms with Gasteiger partial charge in [0.15, 0.2) is 0 Å². The van der Waals surface area contributed by atoms with Crippen LogP contribution in [0.1, 0.15) is 5.69 Å². The molecule has 1 rings (SSSR count). The van der Waals surface area contributed by atoms with Crippen LogP contribution in [0.3, 0.4) is 0 Å². The number of nitrogens with zero attached hydrogens (tertiary/aromatic N) is 1. The molecule has 0 saturated heterocycles. The molecule has 1 heterocycles. The van der Waals surface area contributed by atoms with Crippen LogP contribution in [0.4, 0.5) is 8.78 Å². The van der Waals surface area contributed by atoms with Gasteiger partial charge in [0.25, 0.3) is 5.66 Å². The second-order valence-electron chi connectivity index (χ2n) is 1.84. The van der Waals surface area contributed by atoms with E-state index in [0.29, 0.717) is 0 Å². The monoisotopic (exact) mass is 161 g/mol. The first kappa shape index (κ1) is 7.55. The largest absolute Gasteiger partial charge is 0.300 e. The summed E-state index contributed by atoms with van der Waals surface area (Å²) < 4.78 is 24.7. The van der Waals surface area contributed by atoms with Crippen molar-refractivity contribution in [1.82, 2.24) is 4.98 Å². The minimum Gasteiger partial charge on any atom is -0.255 e. The molecule has 10 heavy (non-hydrogen) atoms. The lowest BCUT2D eigenvalue weighted by Crippen LogP contribution is -2.03. The lowest BCUT2D eigenvalue weighted by molar-refractivity contribution is 0.0986. The van der Waals surface area contributed by atoms with E-state index < -0.39 is 5.66 Å². The van der Waals surface area contributed by atoms with Gasteiger partial charge >= 0.3 is 0 Å². The second kappa shape index (κ2) is 2.59. The van der Waals surface area contributed by atoms with Gasteiger partial charge in [-0.05, 0) is 12.1 Å². The molecule has 0 amide bonds. The molecule has 0 N–H and O–H groups in total. The summed E-state index contributed by atoms with van der Waals surface area (Å²) in [6.45, 7) is 0. The van der Waals surface area contributed by atoms with Crippen molar-refractivity contribution in [2.75, 3.05) is 0 Å². The average Bonchev–Trinajstić information content (AvgIpc) is 1.88. The fourth-order valence-electron chi connectivity index (χ4n) is 0.560. The van der Waals surface area contributed by atoms with Crippen LogP contribution < -0.4 is 0 Å². The first-order valence-electron chi connectivity index (χ1n) is 2.69. The van der Waals surface area contributed by atoms with E-state index in [2.05, 4.69) is 4.98 Å². The molecule has 0 bridgehead atoms. The number of alkyl halides is 2. The predicted octanol–water partition coefficient (Wildman–Crippen LogP) is 2.01. The van der Waals surface area contributed by atoms with Crippen LogP contribution in [0, 0.1) is 0 Å². The maximum absolute atomic E-state index is 12.4. The number of rotatable bonds is 1. The molecule has 0 aliphatic heterocycles. The maximum Gasteiger partial charge on any atom is 0.300 e. The Morgan fingerprint density at radius 3 is 2.40 bits per heavy atom. The van der Waals surface area contributed by atoms with Crippen molar-refractivity contribution in [3.8, 4) is 0 Å². The summed E-state index contributed by atoms with van der Waals surface area (Å²) in [4.78, 5) is 3.48. The lowest BCUT2D eigenvalue weighted by atomic mass is 10.4. The van der Waals surface area contributed by atoms with Gasteiger partial charge < -0.3 is 0 Å². The van der Waals surface area contributed by atoms with E-state index in [4.69, 9.17) is 0 Å². The molecule has 1 nitrogen and oxygen atoms in total. The van der Waals surface area contributed by atoms with Crippen molar-refractivity contribution in [2.24, 2.45) is 0 Å². The molecule has 54 valence electrons. The Bertz CT molecular complexity index is 207. The van der Waals surface area contributed by atoms with Crippen LogP contribution in [0.2, 0.25) is 0 Å². The molecule has 0 fully saturated rings. The summed E-state index contributed by atoms with van der Waals surface area (Å²) in [6, 6.07) is 4.41. The Labute approximate surface area is 59.7 Å². The number of hydrogen-bond donors (Lipinski definition) is 0. The summed E-state index contributed by atoms with van der Waals surface area (Å²) in [5.41, 5.74) is -3.12. The van der Waals surface area contributed by atoms with Gasteiger partial charge in [-0.15, -0.1) is 0 Å². The van der Waals surface area contributed by atoms with Gasteiger partial charge in [-0.2, -0.15) is 8.78 Å². The SMILES string of the molecule is FC(F)(P)c1ccccn1. The molecule has 1 unspecified atom stereocenters. The minimum absolute atomic E-state index is 0.222. The second-order valence-corrected chi connectivity index (χ2v) is 2.56. The zero-order valence-electron chi connectivity index (χ0n) is 5.09. The summed E-state index contributed by atoms with van der Waals surface area (Å²) in [5, 5.41) is 0. The molecular weight excluding hydrogens is 155 g/mol. The fraction of sp³-hybridized carbons (Fsp3) is 0.167. The third kappa shape index (κ3) is 1.71. The van der Waals surface area contributed by atoms with E-state index >= 15 is 0 Å². The average molecular weight is 161 g/mol. The van der Waals surface area contributed by atoms with Crippen LogP contribution in [-0.4, -0.2) is 4.98 Å². The first-order valence-corrected chi connectivity index (χ1v) is 3.26. The minimum atomic E-state index is -2.90. The fourth-order valence-corrected chi connectivity index (χ4v) is 0.731. The highest BCUT2D eigenvalue weighted by atomic mass is 31.0. The van der Waals surface area contributed by atoms with Crippen molar-refractivity contribution >= 4 is 9.24 Å². The molecule has 0 aliphatic carbocycles. The molecule has 0 radical (unpaired) electrons. The third-order valence-corrected chi connectivity index (χ3v) is 1.30. The highest BCUT2D eigenvalue weighted by Crippen LogP contribution is 2.32. The number of hydrogen-bond acceptors (Lipinski definition) is 1. The normalized spacial score (nSPS) is 11.5. The molecular formula is C6H6F2NP. The Kier molecular flexibility index (Phi) is 1.95. The molecule has 0 spiro atoms. The smallest absolute Gasteiger partial charge is 0.255 e. The lowest BCUT2D eigenvalue weighted by Gasteiger charge is -2.06. The van der Waals surface area contributed by atoms with Crippen molar-refractivity contribution in [2.45, 2.75) is 5.66 Å². The van der Waals surface area contributed by atoms with E-state index in [9.17, 15) is 8.78 Å². The van der Waals surface area contributed by atoms with Crippen molar-refractivity contribution < 1.29 is 8.78 Å². The Morgan fingerprint density at radius 2 is 2.10 bits per heavy atom. The van der Waals surface area contributed by atoms with Gasteiger partial charge in [0.05, 0.1) is 0 Å². The van der Waals surface area contributed by atoms with Gasteiger partial charge in [-0.25, -0.2) is 0 Å². The van der Waals surface area contributed by atoms with Crippen LogP contribution in [0.15, 0.2) is 24.4 Å². The Morgan fingerprint density at radius 1 is 1.40 bits per heavy atom. The van der Waals surface area contributed by atoms with E-state index in [-0.39, 0.29) is 5.69 Å². The highest BCUT2D eigenvalue weighted by Gasteiger charge is 2.25. The summed E-state index contributed by atoms with van der Waals surface area (Å²) in [7, 11) is 1.43. The van der Waals surface area contributed by atoms with Gasteiger partial charge in [0.1, 0.15) is 5.69 Å². The Hall–Kier alpha value is -0.560. The van der Waals surface area contributed by atoms with Crippen LogP contribution in [-0.2, 0) is 5.66 Å². The van der Waals surface area contributed by atoms with Crippen LogP contribution in [0.25, 0.3) is 0 Å². The quantitative estimate of drug-likeness (QED) is 0.574. The van der Waals surface area contributed by atoms with Crippen LogP contribution >= 0.6 is 9.24 Å². The first-order chi connectivity index (χ1) is 4.61. The van der Waals surface area contributed by atoms with Crippen LogP contribution in [0.5, 0.6) is 0 Å². The predicted molar refractivity (Wildman–Crippen MR) is 37.8 cm³/mol. The number of halogens is 2. The van der Waals surface area contributed by atoms with Gasteiger partial charge in [0, 0.05) is 6.20 Å². The molecule has 1 aromatic heterocycles. The number of pyridine rings is 1. The zero-order chi connectivity index (χ0) is 7.61. The topological polar surface area (TPSA) is 12.9 Å². The highest BCUT2D eigenvalue weighted by molar-refractivity contribution is 7.17. The zero-order valence-corrected chi connectivity index (χ0v) is 6.24. The molecule has 1 atom stereocenters. The van der Waals surface area contributed by atoms with E-state index in [1.165, 1.54) is 27.6 Å². The summed E-state index contributed by atoms with van der Waals surface area (Å²) in [5.74, 6) is 0. The maximum atomic E-state index is 12.4. The molecule has 4 heteroatoms. The van der Waals surface area contributed by atoms with Gasteiger partial charge in [-0.1, -0.05) is 15.3 Å².